The SMILES string of the molecule is CS(=O)(=O)N[C@@H]1CC2CC[C@@H](C1)[C@H]2S(=O)(=O)c1cc(C(=O)Nc2cc(F)c(F)c(F)c2)ccc1Cl. The van der Waals surface area contributed by atoms with Crippen molar-refractivity contribution in [1.29, 1.82) is 0 Å². The Labute approximate surface area is 206 Å². The van der Waals surface area contributed by atoms with E-state index < -0.39 is 48.5 Å². The maximum Gasteiger partial charge on any atom is 0.255 e. The molecule has 2 aliphatic carbocycles. The molecule has 190 valence electrons. The van der Waals surface area contributed by atoms with Crippen molar-refractivity contribution >= 4 is 43.1 Å². The van der Waals surface area contributed by atoms with E-state index in [9.17, 15) is 34.8 Å². The highest BCUT2D eigenvalue weighted by atomic mass is 35.5. The van der Waals surface area contributed by atoms with Gasteiger partial charge in [0.1, 0.15) is 0 Å². The lowest BCUT2D eigenvalue weighted by Crippen LogP contribution is -2.45. The molecule has 0 radical (unpaired) electrons. The zero-order valence-corrected chi connectivity index (χ0v) is 20.8. The molecule has 0 saturated heterocycles. The van der Waals surface area contributed by atoms with Crippen LogP contribution < -0.4 is 10.0 Å². The van der Waals surface area contributed by atoms with E-state index in [1.54, 1.807) is 0 Å². The van der Waals surface area contributed by atoms with Crippen LogP contribution in [0.25, 0.3) is 0 Å². The number of hydrogen-bond acceptors (Lipinski definition) is 5. The lowest BCUT2D eigenvalue weighted by Gasteiger charge is -2.35. The van der Waals surface area contributed by atoms with Crippen LogP contribution in [0.2, 0.25) is 5.02 Å². The standard InChI is InChI=1S/C22H22ClF3N2O5S2/c1-34(30,31)28-15-6-11-2-3-12(7-15)21(11)35(32,33)19-8-13(4-5-16(19)23)22(29)27-14-9-17(24)20(26)18(25)10-14/h4-5,8-12,15,21,28H,2-3,6-7H2,1H3,(H,27,29)/t11-,12?,15-,21+/m0/s1. The number of benzene rings is 2. The highest BCUT2D eigenvalue weighted by Crippen LogP contribution is 2.48. The van der Waals surface area contributed by atoms with Gasteiger partial charge in [-0.3, -0.25) is 4.79 Å². The molecule has 0 spiro atoms. The number of hydrogen-bond donors (Lipinski definition) is 2. The highest BCUT2D eigenvalue weighted by molar-refractivity contribution is 7.92. The largest absolute Gasteiger partial charge is 0.322 e. The number of carbonyl (C=O) groups excluding carboxylic acids is 1. The van der Waals surface area contributed by atoms with Crippen molar-refractivity contribution in [3.05, 3.63) is 58.4 Å². The van der Waals surface area contributed by atoms with E-state index >= 15 is 0 Å². The second kappa shape index (κ2) is 9.38. The van der Waals surface area contributed by atoms with Gasteiger partial charge in [-0.1, -0.05) is 11.6 Å². The first-order chi connectivity index (χ1) is 16.3. The van der Waals surface area contributed by atoms with E-state index in [1.165, 1.54) is 12.1 Å². The number of sulfonamides is 1. The van der Waals surface area contributed by atoms with Crippen molar-refractivity contribution in [2.45, 2.75) is 41.9 Å². The molecule has 1 amide bonds. The van der Waals surface area contributed by atoms with Crippen molar-refractivity contribution in [2.75, 3.05) is 11.6 Å². The fraction of sp³-hybridized carbons (Fsp3) is 0.409. The van der Waals surface area contributed by atoms with Crippen LogP contribution in [0.15, 0.2) is 35.2 Å². The minimum atomic E-state index is -4.00. The summed E-state index contributed by atoms with van der Waals surface area (Å²) in [6.45, 7) is 0. The molecule has 4 atom stereocenters. The Morgan fingerprint density at radius 3 is 2.09 bits per heavy atom. The number of halogens is 4. The summed E-state index contributed by atoms with van der Waals surface area (Å²) in [6.07, 6.45) is 3.04. The van der Waals surface area contributed by atoms with Gasteiger partial charge in [0.05, 0.1) is 21.4 Å². The van der Waals surface area contributed by atoms with Crippen LogP contribution >= 0.6 is 11.6 Å². The van der Waals surface area contributed by atoms with Crippen LogP contribution in [-0.4, -0.2) is 40.3 Å². The third-order valence-corrected chi connectivity index (χ3v) is 10.1. The quantitative estimate of drug-likeness (QED) is 0.530. The summed E-state index contributed by atoms with van der Waals surface area (Å²) in [5.74, 6) is -6.09. The maximum atomic E-state index is 13.6. The summed E-state index contributed by atoms with van der Waals surface area (Å²) < 4.78 is 93.2. The van der Waals surface area contributed by atoms with E-state index in [1.807, 2.05) is 0 Å². The van der Waals surface area contributed by atoms with Crippen molar-refractivity contribution in [1.82, 2.24) is 4.72 Å². The molecule has 0 aromatic heterocycles. The Morgan fingerprint density at radius 2 is 1.54 bits per heavy atom. The van der Waals surface area contributed by atoms with Gasteiger partial charge in [-0.15, -0.1) is 0 Å². The molecule has 1 unspecified atom stereocenters. The lowest BCUT2D eigenvalue weighted by atomic mass is 9.85. The fourth-order valence-electron chi connectivity index (χ4n) is 5.22. The van der Waals surface area contributed by atoms with Gasteiger partial charge in [0.15, 0.2) is 27.3 Å². The minimum Gasteiger partial charge on any atom is -0.322 e. The van der Waals surface area contributed by atoms with Gasteiger partial charge < -0.3 is 5.32 Å². The second-order valence-electron chi connectivity index (χ2n) is 9.02. The molecule has 2 aromatic carbocycles. The fourth-order valence-corrected chi connectivity index (χ4v) is 8.89. The van der Waals surface area contributed by atoms with Crippen LogP contribution in [0, 0.1) is 29.3 Å². The Bertz CT molecular complexity index is 1360. The summed E-state index contributed by atoms with van der Waals surface area (Å²) in [5, 5.41) is 1.35. The zero-order chi connectivity index (χ0) is 25.7. The van der Waals surface area contributed by atoms with Crippen molar-refractivity contribution in [3.63, 3.8) is 0 Å². The van der Waals surface area contributed by atoms with Gasteiger partial charge in [0.25, 0.3) is 5.91 Å². The lowest BCUT2D eigenvalue weighted by molar-refractivity contribution is 0.102. The van der Waals surface area contributed by atoms with Crippen LogP contribution in [0.3, 0.4) is 0 Å². The topological polar surface area (TPSA) is 109 Å². The number of nitrogens with one attached hydrogen (secondary N) is 2. The summed E-state index contributed by atoms with van der Waals surface area (Å²) >= 11 is 6.21. The first-order valence-corrected chi connectivity index (χ1v) is 14.5. The summed E-state index contributed by atoms with van der Waals surface area (Å²) in [4.78, 5) is 12.4. The monoisotopic (exact) mass is 550 g/mol. The molecule has 2 saturated carbocycles. The normalized spacial score (nSPS) is 24.4. The van der Waals surface area contributed by atoms with Gasteiger partial charge in [0.2, 0.25) is 10.0 Å². The summed E-state index contributed by atoms with van der Waals surface area (Å²) in [5.41, 5.74) is -0.474. The molecular formula is C22H22ClF3N2O5S2. The van der Waals surface area contributed by atoms with E-state index in [0.717, 1.165) is 12.3 Å². The third kappa shape index (κ3) is 5.35. The van der Waals surface area contributed by atoms with Crippen LogP contribution in [0.4, 0.5) is 18.9 Å². The van der Waals surface area contributed by atoms with Crippen molar-refractivity contribution in [3.8, 4) is 0 Å². The van der Waals surface area contributed by atoms with E-state index in [4.69, 9.17) is 11.6 Å². The summed E-state index contributed by atoms with van der Waals surface area (Å²) in [7, 11) is -7.44. The summed E-state index contributed by atoms with van der Waals surface area (Å²) in [6, 6.07) is 4.46. The molecule has 13 heteroatoms. The van der Waals surface area contributed by atoms with Gasteiger partial charge >= 0.3 is 0 Å². The molecule has 2 fully saturated rings. The van der Waals surface area contributed by atoms with Gasteiger partial charge in [-0.05, 0) is 55.7 Å². The van der Waals surface area contributed by atoms with Gasteiger partial charge in [-0.2, -0.15) is 0 Å². The predicted octanol–water partition coefficient (Wildman–Crippen LogP) is 3.89. The molecular weight excluding hydrogens is 529 g/mol. The average Bonchev–Trinajstić information content (AvgIpc) is 3.03. The smallest absolute Gasteiger partial charge is 0.255 e. The average molecular weight is 551 g/mol. The van der Waals surface area contributed by atoms with Crippen LogP contribution in [0.1, 0.15) is 36.0 Å². The molecule has 2 N–H and O–H groups in total. The Morgan fingerprint density at radius 1 is 0.971 bits per heavy atom. The van der Waals surface area contributed by atoms with Crippen LogP contribution in [-0.2, 0) is 19.9 Å². The van der Waals surface area contributed by atoms with Crippen molar-refractivity contribution < 1.29 is 34.8 Å². The predicted molar refractivity (Wildman–Crippen MR) is 124 cm³/mol. The number of sulfone groups is 1. The molecule has 0 heterocycles. The number of rotatable bonds is 6. The highest BCUT2D eigenvalue weighted by Gasteiger charge is 2.50. The van der Waals surface area contributed by atoms with E-state index in [-0.39, 0.29) is 39.0 Å². The number of fused-ring (bicyclic) bond motifs is 2. The number of amides is 1. The Kier molecular flexibility index (Phi) is 6.95. The van der Waals surface area contributed by atoms with Gasteiger partial charge in [-0.25, -0.2) is 34.7 Å². The molecule has 7 nitrogen and oxygen atoms in total. The van der Waals surface area contributed by atoms with Crippen molar-refractivity contribution in [2.24, 2.45) is 11.8 Å². The first-order valence-electron chi connectivity index (χ1n) is 10.7. The number of carbonyl (C=O) groups is 1. The van der Waals surface area contributed by atoms with Crippen LogP contribution in [0.5, 0.6) is 0 Å². The molecule has 2 aliphatic rings. The third-order valence-electron chi connectivity index (χ3n) is 6.49. The van der Waals surface area contributed by atoms with E-state index in [2.05, 4.69) is 10.0 Å². The Hall–Kier alpha value is -2.15. The second-order valence-corrected chi connectivity index (χ2v) is 13.3. The van der Waals surface area contributed by atoms with Gasteiger partial charge in [0, 0.05) is 29.4 Å². The zero-order valence-electron chi connectivity index (χ0n) is 18.4. The minimum absolute atomic E-state index is 0.0868. The molecule has 0 aliphatic heterocycles. The van der Waals surface area contributed by atoms with E-state index in [0.29, 0.717) is 37.8 Å². The molecule has 4 rings (SSSR count). The molecule has 2 bridgehead atoms. The Balaban J connectivity index is 1.59. The number of anilines is 1. The first kappa shape index (κ1) is 25.9. The molecule has 35 heavy (non-hydrogen) atoms. The molecule has 2 aromatic rings. The maximum absolute atomic E-state index is 13.6.